The van der Waals surface area contributed by atoms with Crippen molar-refractivity contribution in [3.8, 4) is 0 Å². The van der Waals surface area contributed by atoms with Gasteiger partial charge in [0.2, 0.25) is 5.91 Å². The van der Waals surface area contributed by atoms with Gasteiger partial charge in [0.15, 0.2) is 0 Å². The lowest BCUT2D eigenvalue weighted by Gasteiger charge is -2.31. The van der Waals surface area contributed by atoms with Crippen molar-refractivity contribution in [3.63, 3.8) is 0 Å². The first-order chi connectivity index (χ1) is 13.4. The number of amides is 2. The lowest BCUT2D eigenvalue weighted by molar-refractivity contribution is -0.116. The normalized spacial score (nSPS) is 17.8. The number of hydrogen-bond acceptors (Lipinski definition) is 3. The second kappa shape index (κ2) is 8.97. The van der Waals surface area contributed by atoms with Crippen LogP contribution in [0.15, 0.2) is 48.5 Å². The van der Waals surface area contributed by atoms with E-state index in [1.165, 1.54) is 12.1 Å². The number of nitrogens with zero attached hydrogens (tertiary/aromatic N) is 1. The zero-order valence-electron chi connectivity index (χ0n) is 16.2. The molecule has 1 fully saturated rings. The van der Waals surface area contributed by atoms with Crippen LogP contribution in [-0.4, -0.2) is 42.5 Å². The van der Waals surface area contributed by atoms with Gasteiger partial charge in [0, 0.05) is 30.8 Å². The Labute approximate surface area is 164 Å². The second-order valence-electron chi connectivity index (χ2n) is 7.22. The van der Waals surface area contributed by atoms with Gasteiger partial charge in [-0.2, -0.15) is 0 Å². The molecule has 2 unspecified atom stereocenters. The first kappa shape index (κ1) is 20.0. The quantitative estimate of drug-likeness (QED) is 0.853. The molecule has 0 bridgehead atoms. The molecule has 6 heteroatoms. The fraction of sp³-hybridized carbons (Fsp3) is 0.364. The maximum atomic E-state index is 13.0. The molecule has 1 aliphatic rings. The molecule has 28 heavy (non-hydrogen) atoms. The molecule has 5 nitrogen and oxygen atoms in total. The summed E-state index contributed by atoms with van der Waals surface area (Å²) >= 11 is 0. The first-order valence-corrected chi connectivity index (χ1v) is 9.48. The summed E-state index contributed by atoms with van der Waals surface area (Å²) in [7, 11) is 0. The second-order valence-corrected chi connectivity index (χ2v) is 7.22. The Morgan fingerprint density at radius 2 is 2.00 bits per heavy atom. The number of anilines is 1. The van der Waals surface area contributed by atoms with Crippen molar-refractivity contribution in [2.75, 3.05) is 25.0 Å². The highest BCUT2D eigenvalue weighted by atomic mass is 19.1. The molecule has 2 atom stereocenters. The van der Waals surface area contributed by atoms with Crippen LogP contribution in [0.5, 0.6) is 0 Å². The topological polar surface area (TPSA) is 58.6 Å². The molecule has 1 saturated heterocycles. The van der Waals surface area contributed by atoms with Gasteiger partial charge in [0.25, 0.3) is 5.91 Å². The highest BCUT2D eigenvalue weighted by molar-refractivity contribution is 5.97. The lowest BCUT2D eigenvalue weighted by atomic mass is 9.97. The lowest BCUT2D eigenvalue weighted by Crippen LogP contribution is -2.44. The van der Waals surface area contributed by atoms with Crippen molar-refractivity contribution in [1.82, 2.24) is 4.90 Å². The third-order valence-electron chi connectivity index (χ3n) is 4.85. The largest absolute Gasteiger partial charge is 0.375 e. The zero-order valence-corrected chi connectivity index (χ0v) is 16.2. The van der Waals surface area contributed by atoms with Gasteiger partial charge in [0.1, 0.15) is 5.82 Å². The van der Waals surface area contributed by atoms with Crippen LogP contribution < -0.4 is 5.32 Å². The average Bonchev–Trinajstić information content (AvgIpc) is 2.68. The average molecular weight is 384 g/mol. The summed E-state index contributed by atoms with van der Waals surface area (Å²) < 4.78 is 18.5. The SMILES string of the molecule is CC1CN(C(=O)c2cccc(NC(=O)CC(C)c3ccc(F)cc3)c2)CCO1. The Bertz CT molecular complexity index is 838. The van der Waals surface area contributed by atoms with E-state index < -0.39 is 0 Å². The molecule has 1 aliphatic heterocycles. The number of ether oxygens (including phenoxy) is 1. The van der Waals surface area contributed by atoms with Gasteiger partial charge in [0.05, 0.1) is 12.7 Å². The number of nitrogens with one attached hydrogen (secondary N) is 1. The van der Waals surface area contributed by atoms with Crippen LogP contribution in [0.3, 0.4) is 0 Å². The van der Waals surface area contributed by atoms with Gasteiger partial charge < -0.3 is 15.0 Å². The fourth-order valence-corrected chi connectivity index (χ4v) is 3.31. The highest BCUT2D eigenvalue weighted by Gasteiger charge is 2.22. The molecule has 2 aromatic carbocycles. The van der Waals surface area contributed by atoms with Crippen LogP contribution >= 0.6 is 0 Å². The van der Waals surface area contributed by atoms with Crippen molar-refractivity contribution >= 4 is 17.5 Å². The minimum absolute atomic E-state index is 0.0218. The van der Waals surface area contributed by atoms with E-state index in [0.29, 0.717) is 30.9 Å². The molecule has 2 amide bonds. The number of morpholine rings is 1. The van der Waals surface area contributed by atoms with Crippen LogP contribution in [0.25, 0.3) is 0 Å². The summed E-state index contributed by atoms with van der Waals surface area (Å²) in [5, 5.41) is 2.85. The Kier molecular flexibility index (Phi) is 6.41. The molecule has 0 saturated carbocycles. The Hall–Kier alpha value is -2.73. The number of hydrogen-bond donors (Lipinski definition) is 1. The summed E-state index contributed by atoms with van der Waals surface area (Å²) in [6, 6.07) is 13.1. The smallest absolute Gasteiger partial charge is 0.254 e. The first-order valence-electron chi connectivity index (χ1n) is 9.48. The van der Waals surface area contributed by atoms with Crippen molar-refractivity contribution in [2.24, 2.45) is 0 Å². The Morgan fingerprint density at radius 3 is 2.71 bits per heavy atom. The van der Waals surface area contributed by atoms with E-state index >= 15 is 0 Å². The summed E-state index contributed by atoms with van der Waals surface area (Å²) in [6.45, 7) is 5.52. The van der Waals surface area contributed by atoms with Crippen molar-refractivity contribution in [2.45, 2.75) is 32.3 Å². The molecule has 148 valence electrons. The van der Waals surface area contributed by atoms with E-state index in [-0.39, 0.29) is 36.1 Å². The molecule has 1 N–H and O–H groups in total. The van der Waals surface area contributed by atoms with Gasteiger partial charge in [-0.3, -0.25) is 9.59 Å². The summed E-state index contributed by atoms with van der Waals surface area (Å²) in [5.74, 6) is -0.552. The Morgan fingerprint density at radius 1 is 1.25 bits per heavy atom. The minimum Gasteiger partial charge on any atom is -0.375 e. The van der Waals surface area contributed by atoms with E-state index in [1.807, 2.05) is 13.8 Å². The molecule has 2 aromatic rings. The molecule has 0 spiro atoms. The van der Waals surface area contributed by atoms with Gasteiger partial charge in [-0.25, -0.2) is 4.39 Å². The van der Waals surface area contributed by atoms with Gasteiger partial charge >= 0.3 is 0 Å². The molecule has 0 aromatic heterocycles. The van der Waals surface area contributed by atoms with Gasteiger partial charge in [-0.1, -0.05) is 25.1 Å². The van der Waals surface area contributed by atoms with Crippen LogP contribution in [0, 0.1) is 5.82 Å². The van der Waals surface area contributed by atoms with Crippen molar-refractivity contribution < 1.29 is 18.7 Å². The molecule has 3 rings (SSSR count). The third kappa shape index (κ3) is 5.16. The predicted molar refractivity (Wildman–Crippen MR) is 106 cm³/mol. The summed E-state index contributed by atoms with van der Waals surface area (Å²) in [6.07, 6.45) is 0.290. The Balaban J connectivity index is 1.61. The fourth-order valence-electron chi connectivity index (χ4n) is 3.31. The molecule has 0 aliphatic carbocycles. The maximum absolute atomic E-state index is 13.0. The predicted octanol–water partition coefficient (Wildman–Crippen LogP) is 3.82. The summed E-state index contributed by atoms with van der Waals surface area (Å²) in [4.78, 5) is 26.9. The van der Waals surface area contributed by atoms with E-state index in [0.717, 1.165) is 5.56 Å². The molecular formula is C22H25FN2O3. The number of benzene rings is 2. The molecule has 0 radical (unpaired) electrons. The van der Waals surface area contributed by atoms with Crippen LogP contribution in [-0.2, 0) is 9.53 Å². The molecular weight excluding hydrogens is 359 g/mol. The number of halogens is 1. The monoisotopic (exact) mass is 384 g/mol. The van der Waals surface area contributed by atoms with Crippen molar-refractivity contribution in [1.29, 1.82) is 0 Å². The molecule has 1 heterocycles. The minimum atomic E-state index is -0.295. The van der Waals surface area contributed by atoms with Crippen LogP contribution in [0.4, 0.5) is 10.1 Å². The summed E-state index contributed by atoms with van der Waals surface area (Å²) in [5.41, 5.74) is 2.03. The standard InChI is InChI=1S/C22H25FN2O3/c1-15(17-6-8-19(23)9-7-17)12-21(26)24-20-5-3-4-18(13-20)22(27)25-10-11-28-16(2)14-25/h3-9,13,15-16H,10-12,14H2,1-2H3,(H,24,26). The van der Waals surface area contributed by atoms with Crippen LogP contribution in [0.1, 0.15) is 42.1 Å². The maximum Gasteiger partial charge on any atom is 0.254 e. The van der Waals surface area contributed by atoms with Crippen LogP contribution in [0.2, 0.25) is 0 Å². The van der Waals surface area contributed by atoms with Gasteiger partial charge in [-0.15, -0.1) is 0 Å². The van der Waals surface area contributed by atoms with E-state index in [9.17, 15) is 14.0 Å². The number of carbonyl (C=O) groups is 2. The number of carbonyl (C=O) groups excluding carboxylic acids is 2. The van der Waals surface area contributed by atoms with Crippen molar-refractivity contribution in [3.05, 3.63) is 65.5 Å². The van der Waals surface area contributed by atoms with E-state index in [2.05, 4.69) is 5.32 Å². The third-order valence-corrected chi connectivity index (χ3v) is 4.85. The van der Waals surface area contributed by atoms with E-state index in [1.54, 1.807) is 41.3 Å². The van der Waals surface area contributed by atoms with Gasteiger partial charge in [-0.05, 0) is 48.7 Å². The van der Waals surface area contributed by atoms with E-state index in [4.69, 9.17) is 4.74 Å². The number of rotatable bonds is 5. The highest BCUT2D eigenvalue weighted by Crippen LogP contribution is 2.21. The zero-order chi connectivity index (χ0) is 20.1.